The first-order valence-electron chi connectivity index (χ1n) is 12.0. The number of hydrogen-bond donors (Lipinski definition) is 3. The second-order valence-corrected chi connectivity index (χ2v) is 9.57. The Morgan fingerprint density at radius 3 is 2.37 bits per heavy atom. The summed E-state index contributed by atoms with van der Waals surface area (Å²) in [7, 11) is 0. The van der Waals surface area contributed by atoms with Crippen molar-refractivity contribution in [3.63, 3.8) is 0 Å². The van der Waals surface area contributed by atoms with Gasteiger partial charge in [0.15, 0.2) is 5.84 Å². The monoisotopic (exact) mass is 414 g/mol. The van der Waals surface area contributed by atoms with Crippen molar-refractivity contribution in [2.45, 2.75) is 65.2 Å². The lowest BCUT2D eigenvalue weighted by molar-refractivity contribution is 0.199. The Bertz CT molecular complexity index is 670. The molecule has 1 aliphatic heterocycles. The van der Waals surface area contributed by atoms with Gasteiger partial charge in [0.25, 0.3) is 0 Å². The summed E-state index contributed by atoms with van der Waals surface area (Å²) in [5, 5.41) is 4.03. The number of nitrogens with zero attached hydrogens (tertiary/aromatic N) is 3. The molecule has 1 aromatic carbocycles. The van der Waals surface area contributed by atoms with Gasteiger partial charge in [-0.1, -0.05) is 52.0 Å². The Hall–Kier alpha value is -1.79. The summed E-state index contributed by atoms with van der Waals surface area (Å²) in [6.07, 6.45) is 11.0. The molecule has 6 nitrogen and oxygen atoms in total. The SMILES string of the molecule is CC(C)Cc1ccc(/C(N)=N/NN)c(N2CCN(CC3CCCCCCC3)CC2)c1. The molecule has 0 unspecified atom stereocenters. The molecule has 1 saturated carbocycles. The molecule has 6 heteroatoms. The van der Waals surface area contributed by atoms with Gasteiger partial charge in [-0.05, 0) is 48.8 Å². The minimum Gasteiger partial charge on any atom is -0.382 e. The lowest BCUT2D eigenvalue weighted by Crippen LogP contribution is -2.48. The third-order valence-corrected chi connectivity index (χ3v) is 6.62. The summed E-state index contributed by atoms with van der Waals surface area (Å²) in [6.45, 7) is 10.1. The van der Waals surface area contributed by atoms with Crippen molar-refractivity contribution in [2.24, 2.45) is 28.5 Å². The highest BCUT2D eigenvalue weighted by atomic mass is 15.5. The molecule has 0 aromatic heterocycles. The highest BCUT2D eigenvalue weighted by Gasteiger charge is 2.23. The maximum atomic E-state index is 6.21. The molecule has 3 rings (SSSR count). The number of nitrogens with one attached hydrogen (secondary N) is 1. The van der Waals surface area contributed by atoms with Crippen LogP contribution in [0.3, 0.4) is 0 Å². The van der Waals surface area contributed by atoms with E-state index in [9.17, 15) is 0 Å². The molecular weight excluding hydrogens is 372 g/mol. The summed E-state index contributed by atoms with van der Waals surface area (Å²) in [4.78, 5) is 5.16. The van der Waals surface area contributed by atoms with Gasteiger partial charge in [-0.3, -0.25) is 4.90 Å². The van der Waals surface area contributed by atoms with Crippen molar-refractivity contribution >= 4 is 11.5 Å². The van der Waals surface area contributed by atoms with Crippen molar-refractivity contribution in [2.75, 3.05) is 37.6 Å². The molecule has 0 bridgehead atoms. The van der Waals surface area contributed by atoms with Gasteiger partial charge in [-0.2, -0.15) is 0 Å². The maximum Gasteiger partial charge on any atom is 0.154 e. The number of anilines is 1. The summed E-state index contributed by atoms with van der Waals surface area (Å²) in [6, 6.07) is 6.57. The first-order chi connectivity index (χ1) is 14.6. The molecule has 1 heterocycles. The molecule has 2 aliphatic rings. The summed E-state index contributed by atoms with van der Waals surface area (Å²) >= 11 is 0. The van der Waals surface area contributed by atoms with E-state index in [2.05, 4.69) is 52.5 Å². The smallest absolute Gasteiger partial charge is 0.154 e. The van der Waals surface area contributed by atoms with Gasteiger partial charge in [0.1, 0.15) is 0 Å². The standard InChI is InChI=1S/C24H42N6/c1-19(2)16-21-10-11-22(24(25)27-28-26)23(17-21)30-14-12-29(13-15-30)18-20-8-6-4-3-5-7-9-20/h10-11,17,19-20,28H,3-9,12-16,18,26H2,1-2H3,(H2,25,27). The van der Waals surface area contributed by atoms with Gasteiger partial charge >= 0.3 is 0 Å². The molecule has 0 spiro atoms. The average Bonchev–Trinajstić information content (AvgIpc) is 2.70. The van der Waals surface area contributed by atoms with Crippen LogP contribution in [0.15, 0.2) is 23.3 Å². The van der Waals surface area contributed by atoms with Crippen molar-refractivity contribution in [1.82, 2.24) is 10.4 Å². The Morgan fingerprint density at radius 2 is 1.73 bits per heavy atom. The van der Waals surface area contributed by atoms with Crippen LogP contribution in [0, 0.1) is 11.8 Å². The van der Waals surface area contributed by atoms with E-state index in [-0.39, 0.29) is 0 Å². The number of rotatable bonds is 7. The lowest BCUT2D eigenvalue weighted by atomic mass is 9.90. The molecular formula is C24H42N6. The van der Waals surface area contributed by atoms with E-state index in [1.54, 1.807) is 0 Å². The van der Waals surface area contributed by atoms with Crippen molar-refractivity contribution in [3.8, 4) is 0 Å². The largest absolute Gasteiger partial charge is 0.382 e. The Kier molecular flexibility index (Phi) is 8.82. The van der Waals surface area contributed by atoms with Gasteiger partial charge < -0.3 is 10.6 Å². The second kappa shape index (κ2) is 11.6. The third kappa shape index (κ3) is 6.61. The summed E-state index contributed by atoms with van der Waals surface area (Å²) < 4.78 is 0. The number of benzene rings is 1. The van der Waals surface area contributed by atoms with Gasteiger partial charge in [0, 0.05) is 44.0 Å². The van der Waals surface area contributed by atoms with E-state index < -0.39 is 0 Å². The zero-order valence-corrected chi connectivity index (χ0v) is 19.1. The Labute approximate surface area is 183 Å². The van der Waals surface area contributed by atoms with Crippen LogP contribution in [-0.2, 0) is 6.42 Å². The van der Waals surface area contributed by atoms with Crippen LogP contribution in [-0.4, -0.2) is 43.5 Å². The number of hydrazone groups is 1. The molecule has 1 aliphatic carbocycles. The van der Waals surface area contributed by atoms with Crippen LogP contribution in [0.25, 0.3) is 0 Å². The van der Waals surface area contributed by atoms with E-state index in [1.807, 2.05) is 0 Å². The van der Waals surface area contributed by atoms with Crippen LogP contribution < -0.4 is 22.0 Å². The van der Waals surface area contributed by atoms with E-state index in [4.69, 9.17) is 11.6 Å². The molecule has 2 fully saturated rings. The number of amidine groups is 1. The van der Waals surface area contributed by atoms with Gasteiger partial charge in [-0.25, -0.2) is 11.4 Å². The fourth-order valence-corrected chi connectivity index (χ4v) is 5.04. The number of piperazine rings is 1. The van der Waals surface area contributed by atoms with E-state index in [0.717, 1.165) is 44.1 Å². The quantitative estimate of drug-likeness (QED) is 0.275. The number of nitrogens with two attached hydrogens (primary N) is 2. The minimum atomic E-state index is 0.445. The van der Waals surface area contributed by atoms with Crippen LogP contribution in [0.2, 0.25) is 0 Å². The molecule has 0 amide bonds. The van der Waals surface area contributed by atoms with Gasteiger partial charge in [0.05, 0.1) is 0 Å². The molecule has 0 radical (unpaired) electrons. The highest BCUT2D eigenvalue weighted by molar-refractivity contribution is 6.02. The zero-order chi connectivity index (χ0) is 21.3. The first kappa shape index (κ1) is 22.9. The van der Waals surface area contributed by atoms with Crippen molar-refractivity contribution in [1.29, 1.82) is 0 Å². The third-order valence-electron chi connectivity index (χ3n) is 6.62. The molecule has 30 heavy (non-hydrogen) atoms. The van der Waals surface area contributed by atoms with E-state index >= 15 is 0 Å². The van der Waals surface area contributed by atoms with Crippen LogP contribution in [0.4, 0.5) is 5.69 Å². The fraction of sp³-hybridized carbons (Fsp3) is 0.708. The van der Waals surface area contributed by atoms with Gasteiger partial charge in [-0.15, -0.1) is 5.10 Å². The number of hydrogen-bond acceptors (Lipinski definition) is 5. The topological polar surface area (TPSA) is 82.9 Å². The van der Waals surface area contributed by atoms with Crippen molar-refractivity contribution < 1.29 is 0 Å². The summed E-state index contributed by atoms with van der Waals surface area (Å²) in [5.41, 5.74) is 12.1. The van der Waals surface area contributed by atoms with Gasteiger partial charge in [0.2, 0.25) is 0 Å². The van der Waals surface area contributed by atoms with E-state index in [1.165, 1.54) is 62.7 Å². The fourth-order valence-electron chi connectivity index (χ4n) is 5.04. The average molecular weight is 415 g/mol. The predicted molar refractivity (Wildman–Crippen MR) is 127 cm³/mol. The van der Waals surface area contributed by atoms with Crippen LogP contribution >= 0.6 is 0 Å². The molecule has 5 N–H and O–H groups in total. The number of hydrazine groups is 1. The van der Waals surface area contributed by atoms with Crippen LogP contribution in [0.1, 0.15) is 69.9 Å². The lowest BCUT2D eigenvalue weighted by Gasteiger charge is -2.38. The van der Waals surface area contributed by atoms with Crippen LogP contribution in [0.5, 0.6) is 0 Å². The normalized spacial score (nSPS) is 20.3. The molecule has 1 saturated heterocycles. The summed E-state index contributed by atoms with van der Waals surface area (Å²) in [5.74, 6) is 7.34. The molecule has 1 aromatic rings. The highest BCUT2D eigenvalue weighted by Crippen LogP contribution is 2.27. The Morgan fingerprint density at radius 1 is 1.07 bits per heavy atom. The van der Waals surface area contributed by atoms with E-state index in [0.29, 0.717) is 11.8 Å². The van der Waals surface area contributed by atoms with Crippen molar-refractivity contribution in [3.05, 3.63) is 29.3 Å². The maximum absolute atomic E-state index is 6.21. The molecule has 0 atom stereocenters. The zero-order valence-electron chi connectivity index (χ0n) is 19.1. The first-order valence-corrected chi connectivity index (χ1v) is 12.0. The minimum absolute atomic E-state index is 0.445. The second-order valence-electron chi connectivity index (χ2n) is 9.57. The Balaban J connectivity index is 1.66. The predicted octanol–water partition coefficient (Wildman–Crippen LogP) is 3.45. The molecule has 168 valence electrons.